The highest BCUT2D eigenvalue weighted by Gasteiger charge is 2.33. The van der Waals surface area contributed by atoms with E-state index in [0.29, 0.717) is 36.6 Å². The highest BCUT2D eigenvalue weighted by Crippen LogP contribution is 2.28. The normalized spacial score (nSPS) is 11.9. The van der Waals surface area contributed by atoms with Gasteiger partial charge in [-0.2, -0.15) is 0 Å². The molecule has 4 aromatic rings. The summed E-state index contributed by atoms with van der Waals surface area (Å²) >= 11 is 0. The van der Waals surface area contributed by atoms with Gasteiger partial charge in [0.15, 0.2) is 0 Å². The summed E-state index contributed by atoms with van der Waals surface area (Å²) in [6, 6.07) is 31.3. The van der Waals surface area contributed by atoms with E-state index in [-0.39, 0.29) is 23.3 Å². The lowest BCUT2D eigenvalue weighted by molar-refractivity contribution is -0.139. The third-order valence-corrected chi connectivity index (χ3v) is 9.33. The molecule has 9 heteroatoms. The van der Waals surface area contributed by atoms with E-state index in [1.54, 1.807) is 36.4 Å². The number of amides is 2. The van der Waals surface area contributed by atoms with Gasteiger partial charge < -0.3 is 15.0 Å². The molecule has 0 saturated heterocycles. The number of para-hydroxylation sites is 1. The lowest BCUT2D eigenvalue weighted by atomic mass is 10.1. The number of carbonyl (C=O) groups excluding carboxylic acids is 2. The lowest BCUT2D eigenvalue weighted by Crippen LogP contribution is -2.53. The van der Waals surface area contributed by atoms with Gasteiger partial charge in [0.05, 0.1) is 10.6 Å². The summed E-state index contributed by atoms with van der Waals surface area (Å²) in [6.07, 6.45) is 0.886. The molecule has 0 bridgehead atoms. The molecule has 0 radical (unpaired) electrons. The highest BCUT2D eigenvalue weighted by atomic mass is 32.2. The molecule has 2 amide bonds. The summed E-state index contributed by atoms with van der Waals surface area (Å²) in [5.41, 5.74) is 2.22. The van der Waals surface area contributed by atoms with Gasteiger partial charge in [0, 0.05) is 13.1 Å². The van der Waals surface area contributed by atoms with Gasteiger partial charge in [-0.25, -0.2) is 8.42 Å². The van der Waals surface area contributed by atoms with Crippen LogP contribution in [0.25, 0.3) is 0 Å². The number of nitrogens with one attached hydrogen (secondary N) is 1. The number of ether oxygens (including phenoxy) is 1. The maximum Gasteiger partial charge on any atom is 0.264 e. The molecular formula is C37H43N3O5S. The summed E-state index contributed by atoms with van der Waals surface area (Å²) in [4.78, 5) is 29.2. The predicted molar refractivity (Wildman–Crippen MR) is 182 cm³/mol. The van der Waals surface area contributed by atoms with Crippen LogP contribution in [0.2, 0.25) is 0 Å². The van der Waals surface area contributed by atoms with Gasteiger partial charge in [-0.3, -0.25) is 13.9 Å². The van der Waals surface area contributed by atoms with Crippen molar-refractivity contribution in [3.05, 3.63) is 120 Å². The van der Waals surface area contributed by atoms with E-state index in [9.17, 15) is 18.0 Å². The molecule has 0 heterocycles. The Labute approximate surface area is 273 Å². The van der Waals surface area contributed by atoms with E-state index >= 15 is 0 Å². The lowest BCUT2D eigenvalue weighted by Gasteiger charge is -2.33. The van der Waals surface area contributed by atoms with Crippen LogP contribution in [0.5, 0.6) is 11.5 Å². The number of nitrogens with zero attached hydrogens (tertiary/aromatic N) is 2. The minimum atomic E-state index is -4.17. The first-order valence-corrected chi connectivity index (χ1v) is 17.1. The van der Waals surface area contributed by atoms with Crippen LogP contribution in [0, 0.1) is 12.8 Å². The first-order chi connectivity index (χ1) is 22.1. The summed E-state index contributed by atoms with van der Waals surface area (Å²) in [5, 5.41) is 2.96. The van der Waals surface area contributed by atoms with Crippen LogP contribution >= 0.6 is 0 Å². The largest absolute Gasteiger partial charge is 0.457 e. The number of hydrogen-bond donors (Lipinski definition) is 1. The van der Waals surface area contributed by atoms with Gasteiger partial charge in [-0.15, -0.1) is 0 Å². The smallest absolute Gasteiger partial charge is 0.264 e. The molecular weight excluding hydrogens is 598 g/mol. The average Bonchev–Trinajstić information content (AvgIpc) is 3.06. The van der Waals surface area contributed by atoms with E-state index < -0.39 is 28.5 Å². The fourth-order valence-corrected chi connectivity index (χ4v) is 6.40. The van der Waals surface area contributed by atoms with Crippen molar-refractivity contribution in [2.75, 3.05) is 23.9 Å². The zero-order chi connectivity index (χ0) is 33.1. The zero-order valence-electron chi connectivity index (χ0n) is 26.9. The molecule has 0 aliphatic carbocycles. The Morgan fingerprint density at radius 1 is 0.804 bits per heavy atom. The van der Waals surface area contributed by atoms with Crippen molar-refractivity contribution in [2.24, 2.45) is 5.92 Å². The Kier molecular flexibility index (Phi) is 12.0. The van der Waals surface area contributed by atoms with E-state index in [4.69, 9.17) is 4.74 Å². The SMILES string of the molecule is CC[C@H](C(=O)NCC(C)C)N(CCc1ccccc1)C(=O)CN(c1ccc(Oc2ccccc2)cc1)S(=O)(=O)c1ccc(C)cc1. The fraction of sp³-hybridized carbons (Fsp3) is 0.297. The van der Waals surface area contributed by atoms with Crippen LogP contribution in [-0.2, 0) is 26.0 Å². The summed E-state index contributed by atoms with van der Waals surface area (Å²) in [6.45, 7) is 7.97. The molecule has 0 aliphatic heterocycles. The Balaban J connectivity index is 1.68. The Morgan fingerprint density at radius 3 is 1.98 bits per heavy atom. The molecule has 242 valence electrons. The number of sulfonamides is 1. The number of anilines is 1. The highest BCUT2D eigenvalue weighted by molar-refractivity contribution is 7.92. The van der Waals surface area contributed by atoms with E-state index in [0.717, 1.165) is 15.4 Å². The third kappa shape index (κ3) is 9.20. The Morgan fingerprint density at radius 2 is 1.39 bits per heavy atom. The summed E-state index contributed by atoms with van der Waals surface area (Å²) in [5.74, 6) is 0.672. The molecule has 0 saturated carbocycles. The van der Waals surface area contributed by atoms with Crippen molar-refractivity contribution >= 4 is 27.5 Å². The van der Waals surface area contributed by atoms with Gasteiger partial charge in [0.25, 0.3) is 10.0 Å². The van der Waals surface area contributed by atoms with Gasteiger partial charge in [0.1, 0.15) is 24.1 Å². The first-order valence-electron chi connectivity index (χ1n) is 15.6. The second kappa shape index (κ2) is 16.1. The van der Waals surface area contributed by atoms with Crippen LogP contribution in [-0.4, -0.2) is 50.8 Å². The van der Waals surface area contributed by atoms with Crippen LogP contribution in [0.15, 0.2) is 114 Å². The Hall–Kier alpha value is -4.63. The first kappa shape index (κ1) is 34.2. The van der Waals surface area contributed by atoms with Gasteiger partial charge in [-0.05, 0) is 79.8 Å². The molecule has 1 atom stereocenters. The number of carbonyl (C=O) groups is 2. The molecule has 0 fully saturated rings. The van der Waals surface area contributed by atoms with Crippen molar-refractivity contribution in [3.8, 4) is 11.5 Å². The monoisotopic (exact) mass is 641 g/mol. The van der Waals surface area contributed by atoms with Crippen molar-refractivity contribution in [2.45, 2.75) is 51.5 Å². The van der Waals surface area contributed by atoms with Crippen LogP contribution < -0.4 is 14.4 Å². The van der Waals surface area contributed by atoms with Gasteiger partial charge in [-0.1, -0.05) is 87.0 Å². The average molecular weight is 642 g/mol. The van der Waals surface area contributed by atoms with E-state index in [1.165, 1.54) is 17.0 Å². The molecule has 0 aliphatic rings. The van der Waals surface area contributed by atoms with E-state index in [1.807, 2.05) is 88.4 Å². The minimum absolute atomic E-state index is 0.0630. The second-order valence-electron chi connectivity index (χ2n) is 11.6. The number of benzene rings is 4. The Bertz CT molecular complexity index is 1660. The quantitative estimate of drug-likeness (QED) is 0.158. The zero-order valence-corrected chi connectivity index (χ0v) is 27.7. The maximum atomic E-state index is 14.2. The topological polar surface area (TPSA) is 96.0 Å². The number of rotatable bonds is 15. The second-order valence-corrected chi connectivity index (χ2v) is 13.5. The van der Waals surface area contributed by atoms with Gasteiger partial charge >= 0.3 is 0 Å². The van der Waals surface area contributed by atoms with Crippen molar-refractivity contribution in [1.82, 2.24) is 10.2 Å². The molecule has 0 unspecified atom stereocenters. The van der Waals surface area contributed by atoms with Gasteiger partial charge in [0.2, 0.25) is 11.8 Å². The standard InChI is InChI=1S/C37H43N3O5S/c1-5-35(37(42)38-26-28(2)3)39(25-24-30-12-8-6-9-13-30)36(41)27-40(46(43,44)34-22-16-29(4)17-23-34)31-18-20-33(21-19-31)45-32-14-10-7-11-15-32/h6-23,28,35H,5,24-27H2,1-4H3,(H,38,42)/t35-/m1/s1. The van der Waals surface area contributed by atoms with Crippen molar-refractivity contribution in [3.63, 3.8) is 0 Å². The molecule has 0 spiro atoms. The minimum Gasteiger partial charge on any atom is -0.457 e. The van der Waals surface area contributed by atoms with E-state index in [2.05, 4.69) is 5.32 Å². The number of hydrogen-bond acceptors (Lipinski definition) is 5. The van der Waals surface area contributed by atoms with Crippen molar-refractivity contribution in [1.29, 1.82) is 0 Å². The molecule has 46 heavy (non-hydrogen) atoms. The predicted octanol–water partition coefficient (Wildman–Crippen LogP) is 6.60. The number of aryl methyl sites for hydroxylation is 1. The molecule has 0 aromatic heterocycles. The molecule has 1 N–H and O–H groups in total. The summed E-state index contributed by atoms with van der Waals surface area (Å²) < 4.78 is 35.3. The maximum absolute atomic E-state index is 14.2. The fourth-order valence-electron chi connectivity index (χ4n) is 4.99. The molecule has 8 nitrogen and oxygen atoms in total. The van der Waals surface area contributed by atoms with Crippen LogP contribution in [0.4, 0.5) is 5.69 Å². The molecule has 4 aromatic carbocycles. The summed E-state index contributed by atoms with van der Waals surface area (Å²) in [7, 11) is -4.17. The third-order valence-electron chi connectivity index (χ3n) is 7.55. The molecule has 4 rings (SSSR count). The van der Waals surface area contributed by atoms with Crippen LogP contribution in [0.1, 0.15) is 38.3 Å². The van der Waals surface area contributed by atoms with Crippen molar-refractivity contribution < 1.29 is 22.7 Å². The van der Waals surface area contributed by atoms with Crippen LogP contribution in [0.3, 0.4) is 0 Å².